The second-order valence-electron chi connectivity index (χ2n) is 5.00. The Bertz CT molecular complexity index is 123. The Morgan fingerprint density at radius 2 is 1.91 bits per heavy atom. The zero-order valence-corrected chi connectivity index (χ0v) is 8.28. The summed E-state index contributed by atoms with van der Waals surface area (Å²) in [4.78, 5) is 0. The molecule has 1 heteroatoms. The summed E-state index contributed by atoms with van der Waals surface area (Å²) in [7, 11) is 0. The van der Waals surface area contributed by atoms with Crippen LogP contribution in [0.2, 0.25) is 0 Å². The van der Waals surface area contributed by atoms with Crippen molar-refractivity contribution in [2.45, 2.75) is 46.6 Å². The van der Waals surface area contributed by atoms with Gasteiger partial charge in [0.05, 0.1) is 0 Å². The van der Waals surface area contributed by atoms with Crippen molar-refractivity contribution in [3.8, 4) is 0 Å². The minimum atomic E-state index is 0.439. The molecule has 1 heterocycles. The monoisotopic (exact) mass is 155 g/mol. The standard InChI is InChI=1S/C10H21N/c1-8-5-6-11-9(7-8)10(2,3)4/h8-9,11H,5-7H2,1-4H3. The van der Waals surface area contributed by atoms with Crippen LogP contribution in [0.1, 0.15) is 40.5 Å². The van der Waals surface area contributed by atoms with Gasteiger partial charge in [-0.1, -0.05) is 27.7 Å². The number of hydrogen-bond donors (Lipinski definition) is 1. The molecular formula is C10H21N. The first-order chi connectivity index (χ1) is 5.00. The molecule has 66 valence electrons. The Kier molecular flexibility index (Phi) is 2.58. The summed E-state index contributed by atoms with van der Waals surface area (Å²) in [6, 6.07) is 0.728. The van der Waals surface area contributed by atoms with Gasteiger partial charge in [0, 0.05) is 6.04 Å². The molecule has 0 bridgehead atoms. The minimum absolute atomic E-state index is 0.439. The Labute approximate surface area is 70.6 Å². The lowest BCUT2D eigenvalue weighted by Gasteiger charge is -2.37. The number of nitrogens with one attached hydrogen (secondary N) is 1. The maximum Gasteiger partial charge on any atom is 0.0118 e. The Hall–Kier alpha value is -0.0400. The lowest BCUT2D eigenvalue weighted by molar-refractivity contribution is 0.192. The molecule has 1 nitrogen and oxygen atoms in total. The van der Waals surface area contributed by atoms with E-state index in [0.717, 1.165) is 12.0 Å². The summed E-state index contributed by atoms with van der Waals surface area (Å²) in [5.41, 5.74) is 0.439. The highest BCUT2D eigenvalue weighted by atomic mass is 14.9. The number of hydrogen-bond acceptors (Lipinski definition) is 1. The average molecular weight is 155 g/mol. The quantitative estimate of drug-likeness (QED) is 0.566. The first-order valence-corrected chi connectivity index (χ1v) is 4.73. The van der Waals surface area contributed by atoms with Crippen molar-refractivity contribution in [3.63, 3.8) is 0 Å². The maximum atomic E-state index is 3.59. The highest BCUT2D eigenvalue weighted by Gasteiger charge is 2.28. The predicted octanol–water partition coefficient (Wildman–Crippen LogP) is 2.42. The molecule has 1 N–H and O–H groups in total. The van der Waals surface area contributed by atoms with Gasteiger partial charge in [0.2, 0.25) is 0 Å². The molecule has 0 amide bonds. The van der Waals surface area contributed by atoms with Crippen LogP contribution < -0.4 is 5.32 Å². The topological polar surface area (TPSA) is 12.0 Å². The summed E-state index contributed by atoms with van der Waals surface area (Å²) in [6.45, 7) is 10.5. The van der Waals surface area contributed by atoms with Crippen molar-refractivity contribution in [3.05, 3.63) is 0 Å². The van der Waals surface area contributed by atoms with E-state index in [0.29, 0.717) is 5.41 Å². The largest absolute Gasteiger partial charge is 0.313 e. The van der Waals surface area contributed by atoms with Crippen molar-refractivity contribution in [1.82, 2.24) is 5.32 Å². The lowest BCUT2D eigenvalue weighted by Crippen LogP contribution is -2.45. The van der Waals surface area contributed by atoms with E-state index in [-0.39, 0.29) is 0 Å². The predicted molar refractivity (Wildman–Crippen MR) is 49.6 cm³/mol. The molecule has 0 spiro atoms. The molecule has 0 aliphatic carbocycles. The highest BCUT2D eigenvalue weighted by Crippen LogP contribution is 2.28. The molecule has 0 aromatic heterocycles. The summed E-state index contributed by atoms with van der Waals surface area (Å²) in [5, 5.41) is 3.59. The van der Waals surface area contributed by atoms with E-state index in [1.165, 1.54) is 19.4 Å². The highest BCUT2D eigenvalue weighted by molar-refractivity contribution is 4.85. The Morgan fingerprint density at radius 1 is 1.27 bits per heavy atom. The van der Waals surface area contributed by atoms with E-state index in [1.54, 1.807) is 0 Å². The fourth-order valence-corrected chi connectivity index (χ4v) is 1.77. The summed E-state index contributed by atoms with van der Waals surface area (Å²) >= 11 is 0. The summed E-state index contributed by atoms with van der Waals surface area (Å²) in [5.74, 6) is 0.917. The smallest absolute Gasteiger partial charge is 0.0118 e. The fourth-order valence-electron chi connectivity index (χ4n) is 1.77. The van der Waals surface area contributed by atoms with Gasteiger partial charge in [-0.3, -0.25) is 0 Å². The van der Waals surface area contributed by atoms with E-state index in [4.69, 9.17) is 0 Å². The molecule has 1 saturated heterocycles. The Morgan fingerprint density at radius 3 is 2.27 bits per heavy atom. The van der Waals surface area contributed by atoms with Gasteiger partial charge in [-0.15, -0.1) is 0 Å². The molecule has 2 atom stereocenters. The number of piperidine rings is 1. The lowest BCUT2D eigenvalue weighted by atomic mass is 9.79. The van der Waals surface area contributed by atoms with Crippen LogP contribution in [0.3, 0.4) is 0 Å². The average Bonchev–Trinajstić information content (AvgIpc) is 1.86. The van der Waals surface area contributed by atoms with E-state index < -0.39 is 0 Å². The summed E-state index contributed by atoms with van der Waals surface area (Å²) in [6.07, 6.45) is 2.70. The van der Waals surface area contributed by atoms with Gasteiger partial charge in [-0.2, -0.15) is 0 Å². The number of rotatable bonds is 0. The molecular weight excluding hydrogens is 134 g/mol. The van der Waals surface area contributed by atoms with Crippen molar-refractivity contribution in [2.24, 2.45) is 11.3 Å². The van der Waals surface area contributed by atoms with Gasteiger partial charge in [0.15, 0.2) is 0 Å². The van der Waals surface area contributed by atoms with Crippen molar-refractivity contribution in [2.75, 3.05) is 6.54 Å². The van der Waals surface area contributed by atoms with Crippen molar-refractivity contribution in [1.29, 1.82) is 0 Å². The SMILES string of the molecule is CC1CCNC(C(C)(C)C)C1. The first-order valence-electron chi connectivity index (χ1n) is 4.73. The van der Waals surface area contributed by atoms with Gasteiger partial charge < -0.3 is 5.32 Å². The van der Waals surface area contributed by atoms with Gasteiger partial charge in [-0.05, 0) is 30.7 Å². The fraction of sp³-hybridized carbons (Fsp3) is 1.00. The van der Waals surface area contributed by atoms with Crippen LogP contribution in [0.4, 0.5) is 0 Å². The molecule has 0 aromatic carbocycles. The van der Waals surface area contributed by atoms with Gasteiger partial charge in [0.25, 0.3) is 0 Å². The van der Waals surface area contributed by atoms with Crippen LogP contribution in [-0.4, -0.2) is 12.6 Å². The van der Waals surface area contributed by atoms with Gasteiger partial charge in [0.1, 0.15) is 0 Å². The molecule has 1 fully saturated rings. The maximum absolute atomic E-state index is 3.59. The van der Waals surface area contributed by atoms with Crippen molar-refractivity contribution < 1.29 is 0 Å². The third-order valence-electron chi connectivity index (χ3n) is 2.71. The van der Waals surface area contributed by atoms with Gasteiger partial charge >= 0.3 is 0 Å². The zero-order chi connectivity index (χ0) is 8.48. The van der Waals surface area contributed by atoms with Crippen LogP contribution in [0.15, 0.2) is 0 Å². The van der Waals surface area contributed by atoms with Crippen LogP contribution in [0.5, 0.6) is 0 Å². The molecule has 11 heavy (non-hydrogen) atoms. The van der Waals surface area contributed by atoms with Crippen LogP contribution in [-0.2, 0) is 0 Å². The first kappa shape index (κ1) is 9.05. The van der Waals surface area contributed by atoms with E-state index in [2.05, 4.69) is 33.0 Å². The molecule has 0 saturated carbocycles. The molecule has 1 rings (SSSR count). The third kappa shape index (κ3) is 2.48. The second kappa shape index (κ2) is 3.14. The molecule has 1 aliphatic heterocycles. The third-order valence-corrected chi connectivity index (χ3v) is 2.71. The molecule has 1 aliphatic rings. The molecule has 2 unspecified atom stereocenters. The zero-order valence-electron chi connectivity index (χ0n) is 8.28. The van der Waals surface area contributed by atoms with Crippen LogP contribution in [0, 0.1) is 11.3 Å². The van der Waals surface area contributed by atoms with Crippen LogP contribution >= 0.6 is 0 Å². The Balaban J connectivity index is 2.46. The molecule has 0 aromatic rings. The van der Waals surface area contributed by atoms with Gasteiger partial charge in [-0.25, -0.2) is 0 Å². The molecule has 0 radical (unpaired) electrons. The summed E-state index contributed by atoms with van der Waals surface area (Å²) < 4.78 is 0. The van der Waals surface area contributed by atoms with E-state index in [9.17, 15) is 0 Å². The van der Waals surface area contributed by atoms with E-state index >= 15 is 0 Å². The van der Waals surface area contributed by atoms with Crippen molar-refractivity contribution >= 4 is 0 Å². The van der Waals surface area contributed by atoms with E-state index in [1.807, 2.05) is 0 Å². The minimum Gasteiger partial charge on any atom is -0.313 e. The normalized spacial score (nSPS) is 33.8. The van der Waals surface area contributed by atoms with Crippen LogP contribution in [0.25, 0.3) is 0 Å². The second-order valence-corrected chi connectivity index (χ2v) is 5.00.